The lowest BCUT2D eigenvalue weighted by Gasteiger charge is -2.23. The van der Waals surface area contributed by atoms with E-state index in [0.29, 0.717) is 35.0 Å². The molecule has 198 valence electrons. The molecule has 3 heterocycles. The molecule has 39 heavy (non-hydrogen) atoms. The zero-order valence-electron chi connectivity index (χ0n) is 20.4. The van der Waals surface area contributed by atoms with Gasteiger partial charge in [0.1, 0.15) is 0 Å². The van der Waals surface area contributed by atoms with Gasteiger partial charge < -0.3 is 19.9 Å². The van der Waals surface area contributed by atoms with Crippen LogP contribution in [0.15, 0.2) is 85.6 Å². The van der Waals surface area contributed by atoms with Crippen LogP contribution in [0.2, 0.25) is 5.02 Å². The van der Waals surface area contributed by atoms with Gasteiger partial charge in [-0.2, -0.15) is 13.2 Å². The fourth-order valence-corrected chi connectivity index (χ4v) is 4.22. The summed E-state index contributed by atoms with van der Waals surface area (Å²) >= 11 is 6.00. The number of hydrogen-bond acceptors (Lipinski definition) is 5. The van der Waals surface area contributed by atoms with Gasteiger partial charge in [-0.3, -0.25) is 4.98 Å². The maximum absolute atomic E-state index is 13.1. The van der Waals surface area contributed by atoms with Crippen molar-refractivity contribution in [2.75, 3.05) is 22.1 Å². The zero-order valence-corrected chi connectivity index (χ0v) is 21.2. The molecule has 0 aliphatic carbocycles. The van der Waals surface area contributed by atoms with Crippen LogP contribution in [-0.2, 0) is 6.18 Å². The topological polar surface area (TPSA) is 87.5 Å². The van der Waals surface area contributed by atoms with Gasteiger partial charge in [0, 0.05) is 54.5 Å². The van der Waals surface area contributed by atoms with Crippen LogP contribution in [0.4, 0.5) is 40.8 Å². The third kappa shape index (κ3) is 5.63. The number of fused-ring (bicyclic) bond motifs is 1. The first-order valence-corrected chi connectivity index (χ1v) is 12.2. The molecule has 0 radical (unpaired) electrons. The summed E-state index contributed by atoms with van der Waals surface area (Å²) in [6, 6.07) is 12.7. The van der Waals surface area contributed by atoms with Crippen molar-refractivity contribution in [1.82, 2.24) is 19.4 Å². The SMILES string of the molecule is CCN(c1ccncc1)c1nc(-c2cccc(NC(=O)Nc3cc(C(F)(F)F)ccc3Cl)c2)cn2ccnc12. The van der Waals surface area contributed by atoms with Crippen LogP contribution in [0.25, 0.3) is 16.9 Å². The number of benzene rings is 2. The van der Waals surface area contributed by atoms with Crippen molar-refractivity contribution < 1.29 is 18.0 Å². The Balaban J connectivity index is 1.43. The minimum Gasteiger partial charge on any atom is -0.323 e. The number of carbonyl (C=O) groups excluding carboxylic acids is 1. The Labute approximate surface area is 226 Å². The molecule has 12 heteroatoms. The number of urea groups is 1. The standard InChI is InChI=1S/C27H21ClF3N7O/c1-2-38(20-8-10-32-11-9-20)25-24-33-12-13-37(24)16-23(35-25)17-4-3-5-19(14-17)34-26(39)36-22-15-18(27(29,30)31)6-7-21(22)28/h3-16H,2H2,1H3,(H2,34,36,39). The fourth-order valence-electron chi connectivity index (χ4n) is 4.05. The number of amides is 2. The molecule has 5 rings (SSSR count). The molecule has 5 aromatic rings. The molecular weight excluding hydrogens is 531 g/mol. The number of rotatable bonds is 6. The number of hydrogen-bond donors (Lipinski definition) is 2. The van der Waals surface area contributed by atoms with Gasteiger partial charge in [0.25, 0.3) is 0 Å². The largest absolute Gasteiger partial charge is 0.416 e. The molecule has 0 aliphatic heterocycles. The predicted octanol–water partition coefficient (Wildman–Crippen LogP) is 7.27. The second-order valence-corrected chi connectivity index (χ2v) is 8.82. The monoisotopic (exact) mass is 551 g/mol. The van der Waals surface area contributed by atoms with Crippen LogP contribution < -0.4 is 15.5 Å². The summed E-state index contributed by atoms with van der Waals surface area (Å²) in [6.07, 6.45) is 4.17. The Kier molecular flexibility index (Phi) is 7.07. The van der Waals surface area contributed by atoms with Gasteiger partial charge in [-0.05, 0) is 49.4 Å². The molecule has 0 saturated heterocycles. The van der Waals surface area contributed by atoms with Crippen molar-refractivity contribution in [3.8, 4) is 11.3 Å². The molecule has 2 amide bonds. The Morgan fingerprint density at radius 2 is 1.85 bits per heavy atom. The third-order valence-corrected chi connectivity index (χ3v) is 6.19. The molecular formula is C27H21ClF3N7O. The van der Waals surface area contributed by atoms with Crippen LogP contribution in [0.1, 0.15) is 12.5 Å². The normalized spacial score (nSPS) is 11.4. The molecule has 0 bridgehead atoms. The average molecular weight is 552 g/mol. The number of carbonyl (C=O) groups is 1. The van der Waals surface area contributed by atoms with Crippen LogP contribution in [0, 0.1) is 0 Å². The molecule has 0 atom stereocenters. The molecule has 2 N–H and O–H groups in total. The van der Waals surface area contributed by atoms with E-state index < -0.39 is 17.8 Å². The summed E-state index contributed by atoms with van der Waals surface area (Å²) in [5.74, 6) is 0.640. The molecule has 0 saturated carbocycles. The zero-order chi connectivity index (χ0) is 27.6. The second kappa shape index (κ2) is 10.6. The number of nitrogens with one attached hydrogen (secondary N) is 2. The van der Waals surface area contributed by atoms with E-state index >= 15 is 0 Å². The van der Waals surface area contributed by atoms with Crippen molar-refractivity contribution in [2.45, 2.75) is 13.1 Å². The van der Waals surface area contributed by atoms with Crippen molar-refractivity contribution in [1.29, 1.82) is 0 Å². The number of imidazole rings is 1. The van der Waals surface area contributed by atoms with Crippen LogP contribution in [0.3, 0.4) is 0 Å². The lowest BCUT2D eigenvalue weighted by atomic mass is 10.1. The van der Waals surface area contributed by atoms with Crippen LogP contribution >= 0.6 is 11.6 Å². The quantitative estimate of drug-likeness (QED) is 0.232. The van der Waals surface area contributed by atoms with Crippen molar-refractivity contribution in [2.24, 2.45) is 0 Å². The molecule has 2 aromatic carbocycles. The number of pyridine rings is 1. The van der Waals surface area contributed by atoms with Gasteiger partial charge in [-0.25, -0.2) is 14.8 Å². The number of anilines is 4. The summed E-state index contributed by atoms with van der Waals surface area (Å²) in [5, 5.41) is 5.00. The van der Waals surface area contributed by atoms with E-state index in [1.165, 1.54) is 0 Å². The van der Waals surface area contributed by atoms with Gasteiger partial charge in [-0.1, -0.05) is 23.7 Å². The highest BCUT2D eigenvalue weighted by Gasteiger charge is 2.31. The summed E-state index contributed by atoms with van der Waals surface area (Å²) in [6.45, 7) is 2.64. The Bertz CT molecular complexity index is 1640. The molecule has 0 aliphatic rings. The van der Waals surface area contributed by atoms with E-state index in [2.05, 4.69) is 20.6 Å². The predicted molar refractivity (Wildman–Crippen MR) is 144 cm³/mol. The average Bonchev–Trinajstić information content (AvgIpc) is 3.39. The smallest absolute Gasteiger partial charge is 0.323 e. The van der Waals surface area contributed by atoms with E-state index in [-0.39, 0.29) is 10.7 Å². The maximum atomic E-state index is 13.1. The van der Waals surface area contributed by atoms with Gasteiger partial charge in [0.2, 0.25) is 0 Å². The van der Waals surface area contributed by atoms with Crippen LogP contribution in [0.5, 0.6) is 0 Å². The van der Waals surface area contributed by atoms with E-state index in [9.17, 15) is 18.0 Å². The lowest BCUT2D eigenvalue weighted by molar-refractivity contribution is -0.137. The minimum absolute atomic E-state index is 0.0214. The molecule has 0 unspecified atom stereocenters. The number of alkyl halides is 3. The maximum Gasteiger partial charge on any atom is 0.416 e. The second-order valence-electron chi connectivity index (χ2n) is 8.41. The molecule has 0 fully saturated rings. The number of nitrogens with zero attached hydrogens (tertiary/aromatic N) is 5. The Morgan fingerprint density at radius 1 is 1.05 bits per heavy atom. The first-order valence-electron chi connectivity index (χ1n) is 11.8. The van der Waals surface area contributed by atoms with Gasteiger partial charge in [0.05, 0.1) is 22.0 Å². The molecule has 0 spiro atoms. The van der Waals surface area contributed by atoms with Crippen molar-refractivity contribution in [3.63, 3.8) is 0 Å². The van der Waals surface area contributed by atoms with E-state index in [0.717, 1.165) is 23.9 Å². The number of aromatic nitrogens is 4. The summed E-state index contributed by atoms with van der Waals surface area (Å²) in [7, 11) is 0. The first kappa shape index (κ1) is 26.0. The van der Waals surface area contributed by atoms with Gasteiger partial charge in [-0.15, -0.1) is 0 Å². The lowest BCUT2D eigenvalue weighted by Crippen LogP contribution is -2.20. The first-order chi connectivity index (χ1) is 18.7. The van der Waals surface area contributed by atoms with E-state index in [4.69, 9.17) is 16.6 Å². The van der Waals surface area contributed by atoms with Crippen molar-refractivity contribution >= 4 is 46.2 Å². The van der Waals surface area contributed by atoms with Crippen LogP contribution in [-0.4, -0.2) is 31.9 Å². The fraction of sp³-hybridized carbons (Fsp3) is 0.111. The highest BCUT2D eigenvalue weighted by atomic mass is 35.5. The highest BCUT2D eigenvalue weighted by Crippen LogP contribution is 2.34. The number of halogens is 4. The summed E-state index contributed by atoms with van der Waals surface area (Å²) in [5.41, 5.74) is 2.22. The summed E-state index contributed by atoms with van der Waals surface area (Å²) < 4.78 is 41.1. The Morgan fingerprint density at radius 3 is 2.59 bits per heavy atom. The van der Waals surface area contributed by atoms with Gasteiger partial charge in [0.15, 0.2) is 11.5 Å². The van der Waals surface area contributed by atoms with Gasteiger partial charge >= 0.3 is 12.2 Å². The van der Waals surface area contributed by atoms with Crippen molar-refractivity contribution in [3.05, 3.63) is 96.2 Å². The van der Waals surface area contributed by atoms with E-state index in [1.54, 1.807) is 36.8 Å². The Hall–Kier alpha value is -4.64. The summed E-state index contributed by atoms with van der Waals surface area (Å²) in [4.78, 5) is 28.1. The highest BCUT2D eigenvalue weighted by molar-refractivity contribution is 6.33. The van der Waals surface area contributed by atoms with E-state index in [1.807, 2.05) is 46.8 Å². The molecule has 3 aromatic heterocycles. The third-order valence-electron chi connectivity index (χ3n) is 5.86. The molecule has 8 nitrogen and oxygen atoms in total. The minimum atomic E-state index is -4.57.